The Morgan fingerprint density at radius 2 is 2.00 bits per heavy atom. The normalized spacial score (nSPS) is 17.7. The van der Waals surface area contributed by atoms with Crippen molar-refractivity contribution in [2.24, 2.45) is 5.92 Å². The number of hydrogen-bond acceptors (Lipinski definition) is 7. The van der Waals surface area contributed by atoms with Gasteiger partial charge in [-0.05, 0) is 86.4 Å². The first-order valence-corrected chi connectivity index (χ1v) is 16.8. The van der Waals surface area contributed by atoms with E-state index >= 15 is 0 Å². The van der Waals surface area contributed by atoms with Gasteiger partial charge >= 0.3 is 6.03 Å². The molecule has 2 fully saturated rings. The van der Waals surface area contributed by atoms with Crippen LogP contribution in [0.1, 0.15) is 53.4 Å². The van der Waals surface area contributed by atoms with Crippen LogP contribution in [-0.2, 0) is 11.2 Å². The standard InChI is InChI=1S/C36H34N6O4S/c1-3-23-7-4-5-9-29(23)46-26-12-13-27(21(2)17-26)42-28-14-15-38-34-30(28)31(40-36(42)45)32(47-34)33(43)39-25-8-6-16-41(20-25)35(44)24(19-37)18-22-10-11-22/h4-5,7,9,12-15,17-18,22,25H,3,6,8,10-11,16,20H2,1-2H3,(H,39,43)(H,40,45)/b24-18+. The molecule has 1 atom stereocenters. The highest BCUT2D eigenvalue weighted by molar-refractivity contribution is 7.21. The number of rotatable bonds is 8. The van der Waals surface area contributed by atoms with Gasteiger partial charge in [0.15, 0.2) is 0 Å². The summed E-state index contributed by atoms with van der Waals surface area (Å²) in [7, 11) is 0. The van der Waals surface area contributed by atoms with Gasteiger partial charge in [-0.3, -0.25) is 14.5 Å². The number of hydrogen-bond donors (Lipinski definition) is 2. The van der Waals surface area contributed by atoms with Gasteiger partial charge in [-0.15, -0.1) is 11.3 Å². The summed E-state index contributed by atoms with van der Waals surface area (Å²) in [6, 6.07) is 16.7. The van der Waals surface area contributed by atoms with Gasteiger partial charge < -0.3 is 20.3 Å². The average Bonchev–Trinajstić information content (AvgIpc) is 3.83. The van der Waals surface area contributed by atoms with Gasteiger partial charge in [0.25, 0.3) is 11.8 Å². The molecular formula is C36H34N6O4S. The Hall–Kier alpha value is -5.21. The fourth-order valence-corrected chi connectivity index (χ4v) is 7.33. The molecular weight excluding hydrogens is 613 g/mol. The van der Waals surface area contributed by atoms with E-state index in [0.29, 0.717) is 69.8 Å². The number of carbonyl (C=O) groups excluding carboxylic acids is 3. The highest BCUT2D eigenvalue weighted by Gasteiger charge is 2.35. The zero-order valence-corrected chi connectivity index (χ0v) is 27.0. The minimum atomic E-state index is -0.383. The number of nitrogens with one attached hydrogen (secondary N) is 2. The van der Waals surface area contributed by atoms with E-state index < -0.39 is 0 Å². The van der Waals surface area contributed by atoms with E-state index in [4.69, 9.17) is 4.74 Å². The van der Waals surface area contributed by atoms with Gasteiger partial charge in [0.2, 0.25) is 0 Å². The number of pyridine rings is 1. The lowest BCUT2D eigenvalue weighted by molar-refractivity contribution is -0.128. The van der Waals surface area contributed by atoms with Crippen molar-refractivity contribution >= 4 is 56.5 Å². The van der Waals surface area contributed by atoms with Crippen LogP contribution in [0.25, 0.3) is 10.2 Å². The van der Waals surface area contributed by atoms with Gasteiger partial charge in [0.05, 0.1) is 22.4 Å². The summed E-state index contributed by atoms with van der Waals surface area (Å²) in [5.41, 5.74) is 3.89. The number of piperidine rings is 1. The molecule has 2 aromatic heterocycles. The second-order valence-electron chi connectivity index (χ2n) is 12.2. The second kappa shape index (κ2) is 12.5. The number of allylic oxidation sites excluding steroid dienone is 1. The molecule has 238 valence electrons. The molecule has 2 N–H and O–H groups in total. The summed E-state index contributed by atoms with van der Waals surface area (Å²) in [6.45, 7) is 4.88. The Kier molecular flexibility index (Phi) is 8.12. The molecule has 1 saturated carbocycles. The van der Waals surface area contributed by atoms with Crippen LogP contribution in [0.2, 0.25) is 0 Å². The van der Waals surface area contributed by atoms with E-state index in [0.717, 1.165) is 36.1 Å². The minimum absolute atomic E-state index is 0.179. The van der Waals surface area contributed by atoms with Crippen molar-refractivity contribution < 1.29 is 19.1 Å². The predicted molar refractivity (Wildman–Crippen MR) is 181 cm³/mol. The fourth-order valence-electron chi connectivity index (χ4n) is 6.30. The smallest absolute Gasteiger partial charge is 0.331 e. The molecule has 0 bridgehead atoms. The van der Waals surface area contributed by atoms with Crippen molar-refractivity contribution in [1.82, 2.24) is 15.2 Å². The molecule has 10 nitrogen and oxygen atoms in total. The molecule has 11 heteroatoms. The van der Waals surface area contributed by atoms with Crippen LogP contribution >= 0.6 is 11.3 Å². The summed E-state index contributed by atoms with van der Waals surface area (Å²) in [6.07, 6.45) is 7.71. The van der Waals surface area contributed by atoms with Gasteiger partial charge in [-0.25, -0.2) is 9.78 Å². The zero-order chi connectivity index (χ0) is 32.7. The number of benzene rings is 2. The lowest BCUT2D eigenvalue weighted by atomic mass is 10.0. The third-order valence-corrected chi connectivity index (χ3v) is 9.96. The summed E-state index contributed by atoms with van der Waals surface area (Å²) in [5, 5.41) is 16.3. The summed E-state index contributed by atoms with van der Waals surface area (Å²) in [5.74, 6) is 1.17. The number of thiophene rings is 1. The quantitative estimate of drug-likeness (QED) is 0.154. The molecule has 7 rings (SSSR count). The summed E-state index contributed by atoms with van der Waals surface area (Å²) < 4.78 is 6.20. The van der Waals surface area contributed by atoms with Crippen LogP contribution in [0.5, 0.6) is 11.5 Å². The van der Waals surface area contributed by atoms with Crippen LogP contribution in [0, 0.1) is 24.2 Å². The molecule has 0 spiro atoms. The maximum atomic E-state index is 13.7. The van der Waals surface area contributed by atoms with Crippen LogP contribution in [0.4, 0.5) is 21.9 Å². The average molecular weight is 647 g/mol. The second-order valence-corrected chi connectivity index (χ2v) is 13.2. The van der Waals surface area contributed by atoms with E-state index in [-0.39, 0.29) is 29.5 Å². The van der Waals surface area contributed by atoms with E-state index in [1.54, 1.807) is 28.1 Å². The van der Waals surface area contributed by atoms with Crippen molar-refractivity contribution in [3.8, 4) is 17.6 Å². The van der Waals surface area contributed by atoms with Crippen LogP contribution in [-0.4, -0.2) is 46.9 Å². The fraction of sp³-hybridized carbons (Fsp3) is 0.306. The highest BCUT2D eigenvalue weighted by atomic mass is 32.1. The first kappa shape index (κ1) is 30.4. The number of aromatic nitrogens is 1. The Morgan fingerprint density at radius 1 is 1.17 bits per heavy atom. The largest absolute Gasteiger partial charge is 0.457 e. The van der Waals surface area contributed by atoms with E-state index in [9.17, 15) is 19.6 Å². The molecule has 1 saturated heterocycles. The van der Waals surface area contributed by atoms with Crippen molar-refractivity contribution in [3.63, 3.8) is 0 Å². The highest BCUT2D eigenvalue weighted by Crippen LogP contribution is 2.46. The molecule has 1 unspecified atom stereocenters. The number of urea groups is 1. The monoisotopic (exact) mass is 646 g/mol. The first-order chi connectivity index (χ1) is 22.8. The van der Waals surface area contributed by atoms with Crippen LogP contribution < -0.4 is 20.3 Å². The number of anilines is 3. The van der Waals surface area contributed by atoms with E-state index in [2.05, 4.69) is 28.6 Å². The predicted octanol–water partition coefficient (Wildman–Crippen LogP) is 7.22. The van der Waals surface area contributed by atoms with Crippen molar-refractivity contribution in [1.29, 1.82) is 5.26 Å². The van der Waals surface area contributed by atoms with Crippen molar-refractivity contribution in [2.45, 2.75) is 52.0 Å². The lowest BCUT2D eigenvalue weighted by Gasteiger charge is -2.33. The van der Waals surface area contributed by atoms with Gasteiger partial charge in [-0.2, -0.15) is 5.26 Å². The number of likely N-dealkylation sites (tertiary alicyclic amines) is 1. The Labute approximate surface area is 276 Å². The minimum Gasteiger partial charge on any atom is -0.457 e. The van der Waals surface area contributed by atoms with Crippen LogP contribution in [0.15, 0.2) is 66.4 Å². The molecule has 3 aliphatic rings. The van der Waals surface area contributed by atoms with Crippen LogP contribution in [0.3, 0.4) is 0 Å². The number of carbonyl (C=O) groups is 3. The molecule has 47 heavy (non-hydrogen) atoms. The maximum absolute atomic E-state index is 13.7. The molecule has 4 heterocycles. The van der Waals surface area contributed by atoms with Crippen molar-refractivity contribution in [3.05, 3.63) is 82.4 Å². The van der Waals surface area contributed by atoms with Gasteiger partial charge in [0.1, 0.15) is 32.8 Å². The SMILES string of the molecule is CCc1ccccc1Oc1ccc(N2C(=O)Nc3c(C(=O)NC4CCCN(C(=O)/C(C#N)=C/C5CC5)C4)sc4nccc2c34)c(C)c1. The molecule has 4 aromatic rings. The Bertz CT molecular complexity index is 1990. The zero-order valence-electron chi connectivity index (χ0n) is 26.2. The third kappa shape index (κ3) is 5.92. The number of nitriles is 1. The number of amides is 4. The Balaban J connectivity index is 1.12. The maximum Gasteiger partial charge on any atom is 0.331 e. The number of nitrogens with zero attached hydrogens (tertiary/aromatic N) is 4. The topological polar surface area (TPSA) is 128 Å². The Morgan fingerprint density at radius 3 is 2.77 bits per heavy atom. The molecule has 1 aliphatic carbocycles. The van der Waals surface area contributed by atoms with Gasteiger partial charge in [-0.1, -0.05) is 31.2 Å². The molecule has 2 aliphatic heterocycles. The van der Waals surface area contributed by atoms with E-state index in [1.807, 2.05) is 49.4 Å². The number of aryl methyl sites for hydroxylation is 2. The third-order valence-electron chi connectivity index (χ3n) is 8.86. The number of para-hydroxylation sites is 1. The molecule has 4 amide bonds. The van der Waals surface area contributed by atoms with Gasteiger partial charge in [0, 0.05) is 25.3 Å². The lowest BCUT2D eigenvalue weighted by Crippen LogP contribution is -2.50. The first-order valence-electron chi connectivity index (χ1n) is 16.0. The van der Waals surface area contributed by atoms with E-state index in [1.165, 1.54) is 11.3 Å². The summed E-state index contributed by atoms with van der Waals surface area (Å²) >= 11 is 1.22. The summed E-state index contributed by atoms with van der Waals surface area (Å²) in [4.78, 5) is 49.2. The number of ether oxygens (including phenoxy) is 1. The van der Waals surface area contributed by atoms with Crippen molar-refractivity contribution in [2.75, 3.05) is 23.3 Å². The molecule has 0 radical (unpaired) electrons. The molecule has 2 aromatic carbocycles.